The first kappa shape index (κ1) is 14.5. The van der Waals surface area contributed by atoms with E-state index in [9.17, 15) is 4.79 Å². The summed E-state index contributed by atoms with van der Waals surface area (Å²) in [6, 6.07) is 0.367. The summed E-state index contributed by atoms with van der Waals surface area (Å²) in [5.74, 6) is 0.860. The first-order valence-corrected chi connectivity index (χ1v) is 7.15. The lowest BCUT2D eigenvalue weighted by Crippen LogP contribution is -2.51. The van der Waals surface area contributed by atoms with Crippen LogP contribution in [0.15, 0.2) is 0 Å². The van der Waals surface area contributed by atoms with Crippen LogP contribution in [-0.4, -0.2) is 29.4 Å². The Labute approximate surface area is 106 Å². The smallest absolute Gasteiger partial charge is 0.223 e. The lowest BCUT2D eigenvalue weighted by Gasteiger charge is -2.38. The highest BCUT2D eigenvalue weighted by Gasteiger charge is 2.29. The van der Waals surface area contributed by atoms with Crippen molar-refractivity contribution in [2.24, 2.45) is 11.7 Å². The highest BCUT2D eigenvalue weighted by Crippen LogP contribution is 2.22. The zero-order chi connectivity index (χ0) is 12.8. The van der Waals surface area contributed by atoms with Gasteiger partial charge in [-0.15, -0.1) is 0 Å². The van der Waals surface area contributed by atoms with Gasteiger partial charge in [-0.05, 0) is 32.1 Å². The Hall–Kier alpha value is -0.570. The SMILES string of the molecule is CCC(CC)CC(=O)N1CCCCC1C(C)N. The van der Waals surface area contributed by atoms with Gasteiger partial charge in [-0.2, -0.15) is 0 Å². The number of hydrogen-bond donors (Lipinski definition) is 1. The molecule has 2 atom stereocenters. The highest BCUT2D eigenvalue weighted by atomic mass is 16.2. The van der Waals surface area contributed by atoms with Crippen LogP contribution in [0.25, 0.3) is 0 Å². The topological polar surface area (TPSA) is 46.3 Å². The van der Waals surface area contributed by atoms with Gasteiger partial charge in [-0.1, -0.05) is 26.7 Å². The molecule has 1 rings (SSSR count). The number of amides is 1. The molecular weight excluding hydrogens is 212 g/mol. The van der Waals surface area contributed by atoms with Gasteiger partial charge in [0.1, 0.15) is 0 Å². The quantitative estimate of drug-likeness (QED) is 0.802. The number of hydrogen-bond acceptors (Lipinski definition) is 2. The van der Waals surface area contributed by atoms with E-state index in [4.69, 9.17) is 5.73 Å². The zero-order valence-electron chi connectivity index (χ0n) is 11.6. The molecule has 0 aromatic rings. The average Bonchev–Trinajstić information content (AvgIpc) is 2.35. The van der Waals surface area contributed by atoms with E-state index < -0.39 is 0 Å². The fourth-order valence-electron chi connectivity index (χ4n) is 2.76. The molecule has 1 saturated heterocycles. The second-order valence-electron chi connectivity index (χ2n) is 5.40. The fourth-order valence-corrected chi connectivity index (χ4v) is 2.76. The molecule has 1 amide bonds. The van der Waals surface area contributed by atoms with Crippen LogP contribution in [-0.2, 0) is 4.79 Å². The first-order chi connectivity index (χ1) is 8.10. The molecule has 1 fully saturated rings. The van der Waals surface area contributed by atoms with E-state index in [2.05, 4.69) is 13.8 Å². The Balaban J connectivity index is 2.58. The van der Waals surface area contributed by atoms with Gasteiger partial charge in [0.2, 0.25) is 5.91 Å². The van der Waals surface area contributed by atoms with E-state index in [-0.39, 0.29) is 12.1 Å². The van der Waals surface area contributed by atoms with Crippen molar-refractivity contribution in [2.75, 3.05) is 6.54 Å². The van der Waals surface area contributed by atoms with Crippen LogP contribution < -0.4 is 5.73 Å². The Morgan fingerprint density at radius 2 is 2.00 bits per heavy atom. The zero-order valence-corrected chi connectivity index (χ0v) is 11.6. The maximum atomic E-state index is 12.3. The third kappa shape index (κ3) is 3.98. The maximum Gasteiger partial charge on any atom is 0.223 e. The van der Waals surface area contributed by atoms with Crippen molar-refractivity contribution in [3.05, 3.63) is 0 Å². The van der Waals surface area contributed by atoms with Crippen LogP contribution in [0.1, 0.15) is 59.3 Å². The summed E-state index contributed by atoms with van der Waals surface area (Å²) >= 11 is 0. The lowest BCUT2D eigenvalue weighted by molar-refractivity contribution is -0.136. The van der Waals surface area contributed by atoms with E-state index in [0.717, 1.165) is 32.2 Å². The van der Waals surface area contributed by atoms with Crippen molar-refractivity contribution in [1.29, 1.82) is 0 Å². The maximum absolute atomic E-state index is 12.3. The van der Waals surface area contributed by atoms with Crippen LogP contribution in [0.4, 0.5) is 0 Å². The van der Waals surface area contributed by atoms with Crippen molar-refractivity contribution in [2.45, 2.75) is 71.4 Å². The van der Waals surface area contributed by atoms with Gasteiger partial charge in [0.05, 0.1) is 0 Å². The average molecular weight is 240 g/mol. The van der Waals surface area contributed by atoms with Crippen LogP contribution in [0.2, 0.25) is 0 Å². The third-order valence-electron chi connectivity index (χ3n) is 4.09. The third-order valence-corrected chi connectivity index (χ3v) is 4.09. The van der Waals surface area contributed by atoms with Crippen LogP contribution in [0.5, 0.6) is 0 Å². The molecule has 17 heavy (non-hydrogen) atoms. The minimum absolute atomic E-state index is 0.0981. The van der Waals surface area contributed by atoms with Gasteiger partial charge in [0, 0.05) is 25.0 Å². The number of rotatable bonds is 5. The van der Waals surface area contributed by atoms with E-state index in [1.54, 1.807) is 0 Å². The van der Waals surface area contributed by atoms with E-state index in [0.29, 0.717) is 18.2 Å². The Morgan fingerprint density at radius 1 is 1.35 bits per heavy atom. The van der Waals surface area contributed by atoms with Crippen molar-refractivity contribution in [1.82, 2.24) is 4.90 Å². The molecule has 1 aliphatic rings. The van der Waals surface area contributed by atoms with Crippen LogP contribution >= 0.6 is 0 Å². The molecule has 2 unspecified atom stereocenters. The minimum Gasteiger partial charge on any atom is -0.338 e. The molecular formula is C14H28N2O. The van der Waals surface area contributed by atoms with Crippen LogP contribution in [0, 0.1) is 5.92 Å². The summed E-state index contributed by atoms with van der Waals surface area (Å²) in [6.45, 7) is 7.26. The van der Waals surface area contributed by atoms with Crippen molar-refractivity contribution in [3.63, 3.8) is 0 Å². The predicted octanol–water partition coefficient (Wildman–Crippen LogP) is 2.54. The molecule has 0 spiro atoms. The summed E-state index contributed by atoms with van der Waals surface area (Å²) < 4.78 is 0. The van der Waals surface area contributed by atoms with Crippen molar-refractivity contribution < 1.29 is 4.79 Å². The monoisotopic (exact) mass is 240 g/mol. The molecule has 1 heterocycles. The molecule has 2 N–H and O–H groups in total. The summed E-state index contributed by atoms with van der Waals surface area (Å²) in [7, 11) is 0. The summed E-state index contributed by atoms with van der Waals surface area (Å²) in [6.07, 6.45) is 6.32. The summed E-state index contributed by atoms with van der Waals surface area (Å²) in [5, 5.41) is 0. The fraction of sp³-hybridized carbons (Fsp3) is 0.929. The largest absolute Gasteiger partial charge is 0.338 e. The molecule has 3 heteroatoms. The second-order valence-corrected chi connectivity index (χ2v) is 5.40. The standard InChI is InChI=1S/C14H28N2O/c1-4-12(5-2)10-14(17)16-9-7-6-8-13(16)11(3)15/h11-13H,4-10,15H2,1-3H3. The van der Waals surface area contributed by atoms with E-state index in [1.807, 2.05) is 11.8 Å². The number of piperidine rings is 1. The van der Waals surface area contributed by atoms with E-state index >= 15 is 0 Å². The van der Waals surface area contributed by atoms with Crippen molar-refractivity contribution in [3.8, 4) is 0 Å². The first-order valence-electron chi connectivity index (χ1n) is 7.15. The van der Waals surface area contributed by atoms with Crippen LogP contribution in [0.3, 0.4) is 0 Å². The molecule has 1 aliphatic heterocycles. The summed E-state index contributed by atoms with van der Waals surface area (Å²) in [4.78, 5) is 14.4. The molecule has 100 valence electrons. The highest BCUT2D eigenvalue weighted by molar-refractivity contribution is 5.77. The van der Waals surface area contributed by atoms with Gasteiger partial charge in [0.15, 0.2) is 0 Å². The van der Waals surface area contributed by atoms with Gasteiger partial charge < -0.3 is 10.6 Å². The number of nitrogens with two attached hydrogens (primary N) is 1. The lowest BCUT2D eigenvalue weighted by atomic mass is 9.94. The van der Waals surface area contributed by atoms with Gasteiger partial charge in [0.25, 0.3) is 0 Å². The number of nitrogens with zero attached hydrogens (tertiary/aromatic N) is 1. The molecule has 0 bridgehead atoms. The van der Waals surface area contributed by atoms with Gasteiger partial charge in [-0.25, -0.2) is 0 Å². The summed E-state index contributed by atoms with van der Waals surface area (Å²) in [5.41, 5.74) is 6.00. The van der Waals surface area contributed by atoms with E-state index in [1.165, 1.54) is 6.42 Å². The molecule has 0 radical (unpaired) electrons. The molecule has 3 nitrogen and oxygen atoms in total. The Kier molecular flexibility index (Phi) is 5.96. The minimum atomic E-state index is 0.0981. The molecule has 0 saturated carbocycles. The predicted molar refractivity (Wildman–Crippen MR) is 71.7 cm³/mol. The number of carbonyl (C=O) groups is 1. The second kappa shape index (κ2) is 7.00. The normalized spacial score (nSPS) is 22.9. The molecule has 0 aromatic heterocycles. The number of carbonyl (C=O) groups excluding carboxylic acids is 1. The Morgan fingerprint density at radius 3 is 2.53 bits per heavy atom. The Bertz CT molecular complexity index is 236. The van der Waals surface area contributed by atoms with Crippen molar-refractivity contribution >= 4 is 5.91 Å². The molecule has 0 aromatic carbocycles. The molecule has 0 aliphatic carbocycles. The van der Waals surface area contributed by atoms with Gasteiger partial charge in [-0.3, -0.25) is 4.79 Å². The van der Waals surface area contributed by atoms with Gasteiger partial charge >= 0.3 is 0 Å². The number of likely N-dealkylation sites (tertiary alicyclic amines) is 1.